The van der Waals surface area contributed by atoms with Crippen LogP contribution in [0, 0.1) is 0 Å². The summed E-state index contributed by atoms with van der Waals surface area (Å²) in [5.74, 6) is -3.05. The molecular weight excluding hydrogens is 549 g/mol. The largest absolute Gasteiger partial charge is 0.456 e. The number of hydrogen-bond acceptors (Lipinski definition) is 5. The van der Waals surface area contributed by atoms with Gasteiger partial charge in [0.1, 0.15) is 0 Å². The van der Waals surface area contributed by atoms with Crippen molar-refractivity contribution in [2.75, 3.05) is 18.5 Å². The second kappa shape index (κ2) is 10.0. The van der Waals surface area contributed by atoms with E-state index in [2.05, 4.69) is 5.32 Å². The number of imide groups is 1. The Hall–Kier alpha value is -1.74. The number of anilines is 1. The summed E-state index contributed by atoms with van der Waals surface area (Å²) in [4.78, 5) is 50.0. The van der Waals surface area contributed by atoms with Gasteiger partial charge in [-0.25, -0.2) is 0 Å². The van der Waals surface area contributed by atoms with Crippen molar-refractivity contribution in [3.05, 3.63) is 59.5 Å². The van der Waals surface area contributed by atoms with Crippen molar-refractivity contribution in [3.8, 4) is 0 Å². The van der Waals surface area contributed by atoms with Crippen molar-refractivity contribution in [2.24, 2.45) is 0 Å². The lowest BCUT2D eigenvalue weighted by molar-refractivity contribution is -0.147. The molecule has 0 aliphatic carbocycles. The van der Waals surface area contributed by atoms with E-state index < -0.39 is 30.3 Å². The summed E-state index contributed by atoms with van der Waals surface area (Å²) < 4.78 is 4.87. The average Bonchev–Trinajstić information content (AvgIpc) is 3.00. The molecule has 0 atom stereocenters. The Morgan fingerprint density at radius 2 is 1.44 bits per heavy atom. The smallest absolute Gasteiger partial charge is 0.308 e. The van der Waals surface area contributed by atoms with Crippen molar-refractivity contribution < 1.29 is 23.9 Å². The van der Waals surface area contributed by atoms with Crippen LogP contribution in [-0.2, 0) is 14.3 Å². The summed E-state index contributed by atoms with van der Waals surface area (Å²) in [5.41, 5.74) is -0.137. The third-order valence-corrected chi connectivity index (χ3v) is 6.66. The molecule has 0 bridgehead atoms. The van der Waals surface area contributed by atoms with Gasteiger partial charge in [-0.3, -0.25) is 24.1 Å². The molecule has 0 fully saturated rings. The van der Waals surface area contributed by atoms with Crippen molar-refractivity contribution in [2.45, 2.75) is 6.42 Å². The standard InChI is InChI=1S/C19H10Cl6N2O5/c20-7-1-2-8(21)9(5-7)26-10(28)6-32-11(29)3-4-27-18(30)12-13(19(27)31)15(23)17(25)16(24)14(12)22/h1-2,5H,3-4,6H2,(H,26,28). The quantitative estimate of drug-likeness (QED) is 0.210. The number of nitrogens with one attached hydrogen (secondary N) is 1. The first-order chi connectivity index (χ1) is 15.0. The molecule has 168 valence electrons. The third kappa shape index (κ3) is 4.93. The molecule has 13 heteroatoms. The zero-order valence-electron chi connectivity index (χ0n) is 15.6. The maximum atomic E-state index is 12.6. The third-order valence-electron chi connectivity index (χ3n) is 4.29. The number of rotatable bonds is 6. The van der Waals surface area contributed by atoms with Crippen molar-refractivity contribution in [1.82, 2.24) is 4.90 Å². The normalized spacial score (nSPS) is 12.8. The molecule has 1 heterocycles. The van der Waals surface area contributed by atoms with Gasteiger partial charge >= 0.3 is 5.97 Å². The van der Waals surface area contributed by atoms with Crippen molar-refractivity contribution >= 4 is 99.0 Å². The summed E-state index contributed by atoms with van der Waals surface area (Å²) in [6, 6.07) is 4.47. The molecule has 0 saturated carbocycles. The molecule has 1 aliphatic rings. The predicted molar refractivity (Wildman–Crippen MR) is 123 cm³/mol. The van der Waals surface area contributed by atoms with Crippen LogP contribution in [0.25, 0.3) is 0 Å². The minimum absolute atomic E-state index is 0.162. The molecule has 0 radical (unpaired) electrons. The molecule has 0 saturated heterocycles. The summed E-state index contributed by atoms with van der Waals surface area (Å²) in [5, 5.41) is 2.30. The van der Waals surface area contributed by atoms with Crippen LogP contribution in [0.15, 0.2) is 18.2 Å². The van der Waals surface area contributed by atoms with Gasteiger partial charge in [0.2, 0.25) is 0 Å². The molecule has 3 amide bonds. The molecular formula is C19H10Cl6N2O5. The Labute approximate surface area is 211 Å². The molecule has 0 spiro atoms. The Balaban J connectivity index is 1.58. The Morgan fingerprint density at radius 3 is 2.00 bits per heavy atom. The Kier molecular flexibility index (Phi) is 7.81. The number of nitrogens with zero attached hydrogens (tertiary/aromatic N) is 1. The monoisotopic (exact) mass is 556 g/mol. The van der Waals surface area contributed by atoms with Crippen LogP contribution in [0.3, 0.4) is 0 Å². The van der Waals surface area contributed by atoms with Crippen LogP contribution in [0.5, 0.6) is 0 Å². The number of carbonyl (C=O) groups is 4. The van der Waals surface area contributed by atoms with Gasteiger partial charge in [-0.05, 0) is 18.2 Å². The molecule has 3 rings (SSSR count). The van der Waals surface area contributed by atoms with Crippen molar-refractivity contribution in [3.63, 3.8) is 0 Å². The summed E-state index contributed by atoms with van der Waals surface area (Å²) in [6.07, 6.45) is -0.382. The SMILES string of the molecule is O=C(COC(=O)CCN1C(=O)c2c(Cl)c(Cl)c(Cl)c(Cl)c2C1=O)Nc1cc(Cl)ccc1Cl. The topological polar surface area (TPSA) is 92.8 Å². The first-order valence-corrected chi connectivity index (χ1v) is 10.9. The number of halogens is 6. The molecule has 1 aliphatic heterocycles. The highest BCUT2D eigenvalue weighted by molar-refractivity contribution is 6.55. The van der Waals surface area contributed by atoms with Crippen LogP contribution >= 0.6 is 69.6 Å². The molecule has 7 nitrogen and oxygen atoms in total. The highest BCUT2D eigenvalue weighted by atomic mass is 35.5. The number of esters is 1. The lowest BCUT2D eigenvalue weighted by Crippen LogP contribution is -2.32. The van der Waals surface area contributed by atoms with Gasteiger partial charge in [0.25, 0.3) is 17.7 Å². The molecule has 0 unspecified atom stereocenters. The summed E-state index contributed by atoms with van der Waals surface area (Å²) in [6.45, 7) is -0.957. The van der Waals surface area contributed by atoms with Gasteiger partial charge in [-0.15, -0.1) is 0 Å². The van der Waals surface area contributed by atoms with Gasteiger partial charge in [0.05, 0.1) is 48.3 Å². The van der Waals surface area contributed by atoms with E-state index in [-0.39, 0.29) is 54.9 Å². The number of fused-ring (bicyclic) bond motifs is 1. The van der Waals surface area contributed by atoms with E-state index >= 15 is 0 Å². The average molecular weight is 559 g/mol. The van der Waals surface area contributed by atoms with Gasteiger partial charge in [0.15, 0.2) is 6.61 Å². The first kappa shape index (κ1) is 24.9. The lowest BCUT2D eigenvalue weighted by Gasteiger charge is -2.13. The van der Waals surface area contributed by atoms with E-state index in [4.69, 9.17) is 74.3 Å². The van der Waals surface area contributed by atoms with E-state index in [9.17, 15) is 19.2 Å². The summed E-state index contributed by atoms with van der Waals surface area (Å²) >= 11 is 35.8. The number of hydrogen-bond donors (Lipinski definition) is 1. The van der Waals surface area contributed by atoms with Crippen molar-refractivity contribution in [1.29, 1.82) is 0 Å². The van der Waals surface area contributed by atoms with E-state index in [0.29, 0.717) is 5.02 Å². The van der Waals surface area contributed by atoms with Gasteiger partial charge in [-0.1, -0.05) is 69.6 Å². The minimum atomic E-state index is -0.831. The van der Waals surface area contributed by atoms with Crippen LogP contribution < -0.4 is 5.32 Å². The number of amides is 3. The van der Waals surface area contributed by atoms with Gasteiger partial charge in [0, 0.05) is 11.6 Å². The molecule has 0 aromatic heterocycles. The van der Waals surface area contributed by atoms with Gasteiger partial charge < -0.3 is 10.1 Å². The summed E-state index contributed by atoms with van der Waals surface area (Å²) in [7, 11) is 0. The first-order valence-electron chi connectivity index (χ1n) is 8.65. The minimum Gasteiger partial charge on any atom is -0.456 e. The maximum absolute atomic E-state index is 12.6. The lowest BCUT2D eigenvalue weighted by atomic mass is 10.1. The van der Waals surface area contributed by atoms with Crippen LogP contribution in [-0.4, -0.2) is 41.7 Å². The molecule has 1 N–H and O–H groups in total. The highest BCUT2D eigenvalue weighted by Crippen LogP contribution is 2.44. The molecule has 2 aromatic carbocycles. The zero-order chi connectivity index (χ0) is 23.7. The molecule has 2 aromatic rings. The maximum Gasteiger partial charge on any atom is 0.308 e. The number of ether oxygens (including phenoxy) is 1. The second-order valence-corrected chi connectivity index (χ2v) is 8.71. The van der Waals surface area contributed by atoms with Crippen LogP contribution in [0.2, 0.25) is 30.1 Å². The fraction of sp³-hybridized carbons (Fsp3) is 0.158. The Morgan fingerprint density at radius 1 is 0.875 bits per heavy atom. The fourth-order valence-electron chi connectivity index (χ4n) is 2.80. The van der Waals surface area contributed by atoms with Gasteiger partial charge in [-0.2, -0.15) is 0 Å². The second-order valence-electron chi connectivity index (χ2n) is 6.35. The highest BCUT2D eigenvalue weighted by Gasteiger charge is 2.41. The van der Waals surface area contributed by atoms with E-state index in [1.54, 1.807) is 6.07 Å². The van der Waals surface area contributed by atoms with Crippen LogP contribution in [0.4, 0.5) is 5.69 Å². The van der Waals surface area contributed by atoms with Crippen LogP contribution in [0.1, 0.15) is 27.1 Å². The predicted octanol–water partition coefficient (Wildman–Crippen LogP) is 5.78. The number of benzene rings is 2. The number of carbonyl (C=O) groups excluding carboxylic acids is 4. The van der Waals surface area contributed by atoms with E-state index in [0.717, 1.165) is 4.90 Å². The Bertz CT molecular complexity index is 1120. The van der Waals surface area contributed by atoms with E-state index in [1.165, 1.54) is 12.1 Å². The zero-order valence-corrected chi connectivity index (χ0v) is 20.1. The fourth-order valence-corrected chi connectivity index (χ4v) is 4.15. The molecule has 32 heavy (non-hydrogen) atoms. The van der Waals surface area contributed by atoms with E-state index in [1.807, 2.05) is 0 Å².